The second-order valence-electron chi connectivity index (χ2n) is 7.89. The van der Waals surface area contributed by atoms with Crippen molar-refractivity contribution in [1.82, 2.24) is 0 Å². The van der Waals surface area contributed by atoms with Crippen LogP contribution >= 0.6 is 0 Å². The highest BCUT2D eigenvalue weighted by Gasteiger charge is 2.72. The number of anilines is 1. The quantitative estimate of drug-likeness (QED) is 0.848. The summed E-state index contributed by atoms with van der Waals surface area (Å²) in [6.45, 7) is 8.14. The molecule has 1 aromatic carbocycles. The van der Waals surface area contributed by atoms with Crippen molar-refractivity contribution in [3.63, 3.8) is 0 Å². The lowest BCUT2D eigenvalue weighted by molar-refractivity contribution is -0.131. The Balaban J connectivity index is 1.79. The van der Waals surface area contributed by atoms with E-state index in [0.29, 0.717) is 24.3 Å². The van der Waals surface area contributed by atoms with Crippen molar-refractivity contribution in [2.24, 2.45) is 16.2 Å². The van der Waals surface area contributed by atoms with Crippen LogP contribution in [0.3, 0.4) is 0 Å². The zero-order valence-corrected chi connectivity index (χ0v) is 15.3. The van der Waals surface area contributed by atoms with Gasteiger partial charge in [-0.15, -0.1) is 0 Å². The molecule has 2 saturated carbocycles. The number of ether oxygens (including phenoxy) is 1. The Bertz CT molecular complexity index is 737. The summed E-state index contributed by atoms with van der Waals surface area (Å²) in [6.07, 6.45) is 1.80. The van der Waals surface area contributed by atoms with Gasteiger partial charge < -0.3 is 10.1 Å². The molecule has 0 saturated heterocycles. The molecule has 134 valence electrons. The lowest BCUT2D eigenvalue weighted by Gasteiger charge is -2.38. The third-order valence-corrected chi connectivity index (χ3v) is 6.79. The van der Waals surface area contributed by atoms with Crippen LogP contribution in [0.4, 0.5) is 5.69 Å². The standard InChI is InChI=1S/C20H25NO4/c1-5-25-16(23)13-6-8-14(9-7-13)21-17(24)20-11-10-19(4,15(22)12-20)18(20,2)3/h6-9H,5,10-12H2,1-4H3,(H,21,24)/t19-,20+/m1/s1. The summed E-state index contributed by atoms with van der Waals surface area (Å²) < 4.78 is 4.96. The predicted molar refractivity (Wildman–Crippen MR) is 94.2 cm³/mol. The van der Waals surface area contributed by atoms with E-state index in [0.717, 1.165) is 12.8 Å². The van der Waals surface area contributed by atoms with Crippen LogP contribution in [0.2, 0.25) is 0 Å². The van der Waals surface area contributed by atoms with E-state index in [1.54, 1.807) is 31.2 Å². The lowest BCUT2D eigenvalue weighted by Crippen LogP contribution is -2.43. The lowest BCUT2D eigenvalue weighted by atomic mass is 9.64. The minimum absolute atomic E-state index is 0.101. The zero-order valence-electron chi connectivity index (χ0n) is 15.3. The van der Waals surface area contributed by atoms with E-state index in [-0.39, 0.29) is 23.1 Å². The van der Waals surface area contributed by atoms with Crippen LogP contribution in [-0.4, -0.2) is 24.3 Å². The molecule has 2 aliphatic carbocycles. The highest BCUT2D eigenvalue weighted by atomic mass is 16.5. The summed E-state index contributed by atoms with van der Waals surface area (Å²) in [5.74, 6) is -0.291. The number of rotatable bonds is 4. The molecule has 2 bridgehead atoms. The largest absolute Gasteiger partial charge is 0.462 e. The van der Waals surface area contributed by atoms with Crippen LogP contribution in [0.1, 0.15) is 57.3 Å². The molecule has 0 spiro atoms. The third kappa shape index (κ3) is 2.32. The summed E-state index contributed by atoms with van der Waals surface area (Å²) in [6, 6.07) is 6.65. The molecule has 0 radical (unpaired) electrons. The third-order valence-electron chi connectivity index (χ3n) is 6.79. The van der Waals surface area contributed by atoms with Crippen LogP contribution in [0.25, 0.3) is 0 Å². The highest BCUT2D eigenvalue weighted by Crippen LogP contribution is 2.70. The number of amides is 1. The van der Waals surface area contributed by atoms with Crippen molar-refractivity contribution >= 4 is 23.3 Å². The maximum atomic E-state index is 13.1. The van der Waals surface area contributed by atoms with Crippen molar-refractivity contribution in [3.05, 3.63) is 29.8 Å². The molecular weight excluding hydrogens is 318 g/mol. The van der Waals surface area contributed by atoms with Gasteiger partial charge in [-0.3, -0.25) is 9.59 Å². The Morgan fingerprint density at radius 1 is 1.12 bits per heavy atom. The number of hydrogen-bond donors (Lipinski definition) is 1. The molecule has 0 unspecified atom stereocenters. The average Bonchev–Trinajstić information content (AvgIpc) is 2.86. The molecule has 5 heteroatoms. The fraction of sp³-hybridized carbons (Fsp3) is 0.550. The van der Waals surface area contributed by atoms with Crippen LogP contribution in [0, 0.1) is 16.2 Å². The normalized spacial score (nSPS) is 29.5. The minimum Gasteiger partial charge on any atom is -0.462 e. The number of carbonyl (C=O) groups is 3. The van der Waals surface area contributed by atoms with Gasteiger partial charge in [0.1, 0.15) is 5.78 Å². The summed E-state index contributed by atoms with van der Waals surface area (Å²) in [5, 5.41) is 2.95. The van der Waals surface area contributed by atoms with Gasteiger partial charge >= 0.3 is 5.97 Å². The van der Waals surface area contributed by atoms with Crippen LogP contribution < -0.4 is 5.32 Å². The van der Waals surface area contributed by atoms with Crippen molar-refractivity contribution in [2.45, 2.75) is 47.0 Å². The van der Waals surface area contributed by atoms with Gasteiger partial charge in [0.05, 0.1) is 17.6 Å². The molecule has 2 atom stereocenters. The smallest absolute Gasteiger partial charge is 0.338 e. The van der Waals surface area contributed by atoms with Gasteiger partial charge in [-0.05, 0) is 49.4 Å². The summed E-state index contributed by atoms with van der Waals surface area (Å²) in [7, 11) is 0. The van der Waals surface area contributed by atoms with Crippen molar-refractivity contribution in [1.29, 1.82) is 0 Å². The summed E-state index contributed by atoms with van der Waals surface area (Å²) in [5.41, 5.74) is -0.373. The fourth-order valence-electron chi connectivity index (χ4n) is 4.52. The number of hydrogen-bond acceptors (Lipinski definition) is 4. The minimum atomic E-state index is -0.654. The number of benzene rings is 1. The molecule has 2 fully saturated rings. The van der Waals surface area contributed by atoms with E-state index in [2.05, 4.69) is 5.32 Å². The SMILES string of the molecule is CCOC(=O)c1ccc(NC(=O)[C@]23CC[C@](C)(C(=O)C2)C3(C)C)cc1. The molecule has 1 amide bonds. The second kappa shape index (κ2) is 5.68. The highest BCUT2D eigenvalue weighted by molar-refractivity contribution is 6.04. The van der Waals surface area contributed by atoms with Gasteiger partial charge in [0.2, 0.25) is 5.91 Å². The Labute approximate surface area is 148 Å². The first-order valence-corrected chi connectivity index (χ1v) is 8.80. The molecule has 5 nitrogen and oxygen atoms in total. The van der Waals surface area contributed by atoms with Gasteiger partial charge in [0.15, 0.2) is 0 Å². The van der Waals surface area contributed by atoms with Gasteiger partial charge in [-0.25, -0.2) is 4.79 Å². The van der Waals surface area contributed by atoms with Gasteiger partial charge in [-0.1, -0.05) is 20.8 Å². The second-order valence-corrected chi connectivity index (χ2v) is 7.89. The van der Waals surface area contributed by atoms with E-state index in [9.17, 15) is 14.4 Å². The number of ketones is 1. The first kappa shape index (κ1) is 17.6. The molecule has 0 aliphatic heterocycles. The topological polar surface area (TPSA) is 72.5 Å². The predicted octanol–water partition coefficient (Wildman–Crippen LogP) is 3.59. The maximum absolute atomic E-state index is 13.1. The number of esters is 1. The summed E-state index contributed by atoms with van der Waals surface area (Å²) in [4.78, 5) is 37.2. The van der Waals surface area contributed by atoms with E-state index in [1.165, 1.54) is 0 Å². The first-order chi connectivity index (χ1) is 11.7. The first-order valence-electron chi connectivity index (χ1n) is 8.80. The fourth-order valence-corrected chi connectivity index (χ4v) is 4.52. The van der Waals surface area contributed by atoms with Crippen molar-refractivity contribution < 1.29 is 19.1 Å². The van der Waals surface area contributed by atoms with E-state index in [1.807, 2.05) is 20.8 Å². The van der Waals surface area contributed by atoms with Crippen molar-refractivity contribution in [3.8, 4) is 0 Å². The Hall–Kier alpha value is -2.17. The number of fused-ring (bicyclic) bond motifs is 2. The Morgan fingerprint density at radius 2 is 1.76 bits per heavy atom. The molecule has 1 aromatic rings. The molecule has 0 aromatic heterocycles. The van der Waals surface area contributed by atoms with Crippen molar-refractivity contribution in [2.75, 3.05) is 11.9 Å². The molecule has 1 N–H and O–H groups in total. The zero-order chi connectivity index (χ0) is 18.5. The number of nitrogens with one attached hydrogen (secondary N) is 1. The van der Waals surface area contributed by atoms with Gasteiger partial charge in [0.25, 0.3) is 0 Å². The molecule has 3 rings (SSSR count). The van der Waals surface area contributed by atoms with E-state index in [4.69, 9.17) is 4.74 Å². The van der Waals surface area contributed by atoms with Gasteiger partial charge in [0, 0.05) is 17.5 Å². The maximum Gasteiger partial charge on any atom is 0.338 e. The molecule has 2 aliphatic rings. The molecule has 25 heavy (non-hydrogen) atoms. The molecular formula is C20H25NO4. The Kier molecular flexibility index (Phi) is 4.01. The average molecular weight is 343 g/mol. The monoisotopic (exact) mass is 343 g/mol. The Morgan fingerprint density at radius 3 is 2.24 bits per heavy atom. The van der Waals surface area contributed by atoms with Crippen LogP contribution in [0.5, 0.6) is 0 Å². The number of carbonyl (C=O) groups excluding carboxylic acids is 3. The van der Waals surface area contributed by atoms with Gasteiger partial charge in [-0.2, -0.15) is 0 Å². The number of Topliss-reactive ketones (excluding diaryl/α,β-unsaturated/α-hetero) is 1. The van der Waals surface area contributed by atoms with E-state index >= 15 is 0 Å². The molecule has 0 heterocycles. The van der Waals surface area contributed by atoms with Crippen LogP contribution in [0.15, 0.2) is 24.3 Å². The summed E-state index contributed by atoms with van der Waals surface area (Å²) >= 11 is 0. The van der Waals surface area contributed by atoms with E-state index < -0.39 is 10.8 Å². The van der Waals surface area contributed by atoms with Crippen LogP contribution in [-0.2, 0) is 14.3 Å².